The van der Waals surface area contributed by atoms with E-state index in [9.17, 15) is 13.2 Å². The van der Waals surface area contributed by atoms with Crippen molar-refractivity contribution < 1.29 is 17.6 Å². The Morgan fingerprint density at radius 3 is 2.42 bits per heavy atom. The third-order valence-corrected chi connectivity index (χ3v) is 6.67. The third kappa shape index (κ3) is 5.07. The van der Waals surface area contributed by atoms with E-state index in [4.69, 9.17) is 16.0 Å². The van der Waals surface area contributed by atoms with Crippen LogP contribution in [0.2, 0.25) is 5.02 Å². The topological polar surface area (TPSA) is 95.7 Å². The smallest absolute Gasteiger partial charge is 0.253 e. The van der Waals surface area contributed by atoms with Crippen molar-refractivity contribution in [3.05, 3.63) is 77.3 Å². The van der Waals surface area contributed by atoms with Gasteiger partial charge in [-0.05, 0) is 48.5 Å². The molecule has 31 heavy (non-hydrogen) atoms. The summed E-state index contributed by atoms with van der Waals surface area (Å²) in [6.07, 6.45) is 3.09. The second-order valence-electron chi connectivity index (χ2n) is 7.04. The molecule has 1 aromatic carbocycles. The first-order valence-electron chi connectivity index (χ1n) is 9.70. The normalized spacial score (nSPS) is 14.6. The van der Waals surface area contributed by atoms with Gasteiger partial charge in [0.15, 0.2) is 0 Å². The van der Waals surface area contributed by atoms with Crippen molar-refractivity contribution in [2.75, 3.05) is 31.1 Å². The molecule has 3 heterocycles. The molecular weight excluding hydrogens is 440 g/mol. The van der Waals surface area contributed by atoms with Gasteiger partial charge in [-0.2, -0.15) is 0 Å². The number of sulfonamides is 1. The Labute approximate surface area is 185 Å². The first-order valence-corrected chi connectivity index (χ1v) is 11.6. The predicted octanol–water partition coefficient (Wildman–Crippen LogP) is 2.77. The highest BCUT2D eigenvalue weighted by molar-refractivity contribution is 7.89. The van der Waals surface area contributed by atoms with E-state index in [0.717, 1.165) is 5.82 Å². The van der Waals surface area contributed by atoms with E-state index in [1.807, 2.05) is 6.07 Å². The third-order valence-electron chi connectivity index (χ3n) is 5.03. The molecule has 162 valence electrons. The van der Waals surface area contributed by atoms with E-state index in [1.54, 1.807) is 29.3 Å². The fourth-order valence-electron chi connectivity index (χ4n) is 3.32. The van der Waals surface area contributed by atoms with Gasteiger partial charge in [-0.15, -0.1) is 0 Å². The van der Waals surface area contributed by atoms with Crippen LogP contribution in [0.5, 0.6) is 0 Å². The monoisotopic (exact) mass is 460 g/mol. The average Bonchev–Trinajstić information content (AvgIpc) is 3.32. The van der Waals surface area contributed by atoms with E-state index >= 15 is 0 Å². The van der Waals surface area contributed by atoms with Crippen molar-refractivity contribution in [3.8, 4) is 0 Å². The van der Waals surface area contributed by atoms with Crippen LogP contribution in [-0.4, -0.2) is 50.4 Å². The van der Waals surface area contributed by atoms with Crippen molar-refractivity contribution in [3.63, 3.8) is 0 Å². The highest BCUT2D eigenvalue weighted by Gasteiger charge is 2.23. The molecule has 1 saturated heterocycles. The van der Waals surface area contributed by atoms with Gasteiger partial charge in [-0.1, -0.05) is 11.6 Å². The molecule has 10 heteroatoms. The zero-order chi connectivity index (χ0) is 21.8. The Balaban J connectivity index is 1.35. The van der Waals surface area contributed by atoms with E-state index in [1.165, 1.54) is 30.5 Å². The van der Waals surface area contributed by atoms with Crippen LogP contribution in [0.25, 0.3) is 0 Å². The Morgan fingerprint density at radius 1 is 1.06 bits per heavy atom. The number of nitrogens with zero attached hydrogens (tertiary/aromatic N) is 3. The quantitative estimate of drug-likeness (QED) is 0.607. The van der Waals surface area contributed by atoms with Crippen LogP contribution in [0.3, 0.4) is 0 Å². The maximum atomic E-state index is 12.8. The molecule has 1 aliphatic heterocycles. The molecule has 1 fully saturated rings. The molecule has 1 aliphatic rings. The number of benzene rings is 1. The molecule has 0 bridgehead atoms. The number of amides is 1. The van der Waals surface area contributed by atoms with E-state index in [-0.39, 0.29) is 17.3 Å². The highest BCUT2D eigenvalue weighted by atomic mass is 35.5. The van der Waals surface area contributed by atoms with Gasteiger partial charge in [0.1, 0.15) is 11.6 Å². The molecule has 8 nitrogen and oxygen atoms in total. The second kappa shape index (κ2) is 9.09. The van der Waals surface area contributed by atoms with Crippen molar-refractivity contribution in [1.82, 2.24) is 14.6 Å². The SMILES string of the molecule is O=C(c1ccc(S(=O)(=O)NCc2ccco2)cc1)N1CCN(c2ccc(Cl)cn2)CC1. The lowest BCUT2D eigenvalue weighted by atomic mass is 10.2. The van der Waals surface area contributed by atoms with Gasteiger partial charge in [0.25, 0.3) is 5.91 Å². The lowest BCUT2D eigenvalue weighted by Gasteiger charge is -2.35. The predicted molar refractivity (Wildman–Crippen MR) is 117 cm³/mol. The summed E-state index contributed by atoms with van der Waals surface area (Å²) in [5, 5.41) is 0.583. The van der Waals surface area contributed by atoms with Crippen LogP contribution < -0.4 is 9.62 Å². The number of piperazine rings is 1. The van der Waals surface area contributed by atoms with E-state index < -0.39 is 10.0 Å². The second-order valence-corrected chi connectivity index (χ2v) is 9.25. The van der Waals surface area contributed by atoms with Gasteiger partial charge in [-0.3, -0.25) is 4.79 Å². The molecule has 0 aliphatic carbocycles. The number of hydrogen-bond acceptors (Lipinski definition) is 6. The molecule has 0 radical (unpaired) electrons. The maximum Gasteiger partial charge on any atom is 0.253 e. The zero-order valence-electron chi connectivity index (χ0n) is 16.6. The summed E-state index contributed by atoms with van der Waals surface area (Å²) in [5.41, 5.74) is 0.447. The standard InChI is InChI=1S/C21H21ClN4O4S/c22-17-5-8-20(23-14-17)25-9-11-26(12-10-25)21(27)16-3-6-19(7-4-16)31(28,29)24-15-18-2-1-13-30-18/h1-8,13-14,24H,9-12,15H2. The van der Waals surface area contributed by atoms with Crippen molar-refractivity contribution in [2.24, 2.45) is 0 Å². The van der Waals surface area contributed by atoms with Crippen molar-refractivity contribution >= 4 is 33.3 Å². The number of rotatable bonds is 6. The Bertz CT molecular complexity index is 1130. The van der Waals surface area contributed by atoms with Crippen LogP contribution >= 0.6 is 11.6 Å². The maximum absolute atomic E-state index is 12.8. The number of nitrogens with one attached hydrogen (secondary N) is 1. The first kappa shape index (κ1) is 21.4. The number of carbonyl (C=O) groups is 1. The lowest BCUT2D eigenvalue weighted by molar-refractivity contribution is 0.0746. The number of hydrogen-bond donors (Lipinski definition) is 1. The number of anilines is 1. The average molecular weight is 461 g/mol. The number of carbonyl (C=O) groups excluding carboxylic acids is 1. The lowest BCUT2D eigenvalue weighted by Crippen LogP contribution is -2.49. The van der Waals surface area contributed by atoms with E-state index in [2.05, 4.69) is 14.6 Å². The summed E-state index contributed by atoms with van der Waals surface area (Å²) in [7, 11) is -3.70. The summed E-state index contributed by atoms with van der Waals surface area (Å²) in [5.74, 6) is 1.22. The van der Waals surface area contributed by atoms with Gasteiger partial charge >= 0.3 is 0 Å². The summed E-state index contributed by atoms with van der Waals surface area (Å²) >= 11 is 5.88. The van der Waals surface area contributed by atoms with Crippen LogP contribution in [0.15, 0.2) is 70.3 Å². The van der Waals surface area contributed by atoms with Gasteiger partial charge in [0.2, 0.25) is 10.0 Å². The number of furan rings is 1. The number of pyridine rings is 1. The minimum absolute atomic E-state index is 0.0583. The minimum Gasteiger partial charge on any atom is -0.468 e. The molecule has 1 N–H and O–H groups in total. The molecule has 1 amide bonds. The Kier molecular flexibility index (Phi) is 6.26. The molecule has 0 saturated carbocycles. The largest absolute Gasteiger partial charge is 0.468 e. The molecule has 3 aromatic rings. The van der Waals surface area contributed by atoms with Crippen LogP contribution in [0.4, 0.5) is 5.82 Å². The highest BCUT2D eigenvalue weighted by Crippen LogP contribution is 2.18. The Hall–Kier alpha value is -2.88. The van der Waals surface area contributed by atoms with Crippen molar-refractivity contribution in [2.45, 2.75) is 11.4 Å². The van der Waals surface area contributed by atoms with Crippen molar-refractivity contribution in [1.29, 1.82) is 0 Å². The first-order chi connectivity index (χ1) is 14.9. The molecular formula is C21H21ClN4O4S. The van der Waals surface area contributed by atoms with Gasteiger partial charge in [0.05, 0.1) is 22.7 Å². The summed E-state index contributed by atoms with van der Waals surface area (Å²) in [4.78, 5) is 21.1. The molecule has 0 spiro atoms. The summed E-state index contributed by atoms with van der Waals surface area (Å²) in [6, 6.07) is 13.0. The molecule has 4 rings (SSSR count). The summed E-state index contributed by atoms with van der Waals surface area (Å²) in [6.45, 7) is 2.47. The molecule has 2 aromatic heterocycles. The van der Waals surface area contributed by atoms with Crippen LogP contribution in [0.1, 0.15) is 16.1 Å². The Morgan fingerprint density at radius 2 is 1.81 bits per heavy atom. The number of halogens is 1. The summed E-state index contributed by atoms with van der Waals surface area (Å²) < 4.78 is 32.5. The van der Waals surface area contributed by atoms with Gasteiger partial charge < -0.3 is 14.2 Å². The molecule has 0 unspecified atom stereocenters. The van der Waals surface area contributed by atoms with Crippen LogP contribution in [-0.2, 0) is 16.6 Å². The zero-order valence-corrected chi connectivity index (χ0v) is 18.1. The minimum atomic E-state index is -3.70. The van der Waals surface area contributed by atoms with E-state index in [0.29, 0.717) is 42.5 Å². The van der Waals surface area contributed by atoms with Gasteiger partial charge in [-0.25, -0.2) is 18.1 Å². The van der Waals surface area contributed by atoms with Crippen LogP contribution in [0, 0.1) is 0 Å². The number of aromatic nitrogens is 1. The fourth-order valence-corrected chi connectivity index (χ4v) is 4.42. The van der Waals surface area contributed by atoms with Gasteiger partial charge in [0, 0.05) is 37.9 Å². The molecule has 0 atom stereocenters. The fraction of sp³-hybridized carbons (Fsp3) is 0.238.